The number of nitrogens with one attached hydrogen (secondary N) is 2. The maximum atomic E-state index is 5.68. The van der Waals surface area contributed by atoms with Crippen molar-refractivity contribution in [2.24, 2.45) is 4.99 Å². The number of guanidine groups is 1. The van der Waals surface area contributed by atoms with Gasteiger partial charge in [0.2, 0.25) is 0 Å². The molecule has 2 saturated heterocycles. The number of nitrogens with zero attached hydrogens (tertiary/aromatic N) is 2. The van der Waals surface area contributed by atoms with Crippen LogP contribution in [-0.2, 0) is 14.9 Å². The van der Waals surface area contributed by atoms with E-state index < -0.39 is 0 Å². The Bertz CT molecular complexity index is 800. The topological polar surface area (TPSA) is 58.1 Å². The summed E-state index contributed by atoms with van der Waals surface area (Å²) in [4.78, 5) is 8.42. The van der Waals surface area contributed by atoms with Gasteiger partial charge in [-0.25, -0.2) is 0 Å². The summed E-state index contributed by atoms with van der Waals surface area (Å²) in [5.41, 5.74) is 1.46. The van der Waals surface area contributed by atoms with Gasteiger partial charge in [0.1, 0.15) is 0 Å². The summed E-state index contributed by atoms with van der Waals surface area (Å²) in [5.74, 6) is 0.858. The Balaban J connectivity index is 1.40. The molecule has 0 radical (unpaired) electrons. The van der Waals surface area contributed by atoms with Crippen molar-refractivity contribution in [3.05, 3.63) is 58.3 Å². The van der Waals surface area contributed by atoms with Crippen LogP contribution in [0.3, 0.4) is 0 Å². The second-order valence-electron chi connectivity index (χ2n) is 8.24. The summed E-state index contributed by atoms with van der Waals surface area (Å²) in [5, 5.41) is 9.38. The number of rotatable bonds is 7. The quantitative estimate of drug-likeness (QED) is 0.510. The van der Waals surface area contributed by atoms with E-state index in [-0.39, 0.29) is 5.41 Å². The van der Waals surface area contributed by atoms with Crippen molar-refractivity contribution in [1.82, 2.24) is 15.5 Å². The van der Waals surface area contributed by atoms with Gasteiger partial charge in [-0.1, -0.05) is 36.4 Å². The first kappa shape index (κ1) is 22.3. The van der Waals surface area contributed by atoms with Crippen molar-refractivity contribution in [2.45, 2.75) is 24.3 Å². The van der Waals surface area contributed by atoms with Crippen molar-refractivity contribution >= 4 is 17.3 Å². The highest BCUT2D eigenvalue weighted by Gasteiger charge is 2.34. The van der Waals surface area contributed by atoms with Crippen LogP contribution < -0.4 is 10.6 Å². The minimum absolute atomic E-state index is 0.0779. The highest BCUT2D eigenvalue weighted by molar-refractivity contribution is 7.10. The van der Waals surface area contributed by atoms with E-state index in [1.54, 1.807) is 0 Å². The summed E-state index contributed by atoms with van der Waals surface area (Å²) in [6.45, 7) is 6.82. The number of aliphatic imine (C=N–C) groups is 1. The standard InChI is InChI=1S/C24H34N4O2S/c1-25-23(26-18-21(22-8-5-17-31-22)28-11-15-30-16-12-28)27-19-24(9-13-29-14-10-24)20-6-3-2-4-7-20/h2-8,17,21H,9-16,18-19H2,1H3,(H2,25,26,27). The van der Waals surface area contributed by atoms with E-state index in [0.29, 0.717) is 6.04 Å². The first-order valence-electron chi connectivity index (χ1n) is 11.2. The lowest BCUT2D eigenvalue weighted by atomic mass is 9.74. The second-order valence-corrected chi connectivity index (χ2v) is 9.22. The second kappa shape index (κ2) is 11.1. The Morgan fingerprint density at radius 3 is 2.45 bits per heavy atom. The summed E-state index contributed by atoms with van der Waals surface area (Å²) in [7, 11) is 1.85. The van der Waals surface area contributed by atoms with E-state index in [9.17, 15) is 0 Å². The molecule has 31 heavy (non-hydrogen) atoms. The molecule has 168 valence electrons. The number of hydrogen-bond donors (Lipinski definition) is 2. The predicted octanol–water partition coefficient (Wildman–Crippen LogP) is 3.03. The zero-order valence-corrected chi connectivity index (χ0v) is 19.2. The summed E-state index contributed by atoms with van der Waals surface area (Å²) >= 11 is 1.82. The van der Waals surface area contributed by atoms with Crippen LogP contribution in [0.1, 0.15) is 29.3 Å². The third-order valence-corrected chi connectivity index (χ3v) is 7.45. The molecular weight excluding hydrogens is 408 g/mol. The van der Waals surface area contributed by atoms with E-state index in [1.165, 1.54) is 10.4 Å². The molecule has 1 aromatic carbocycles. The smallest absolute Gasteiger partial charge is 0.191 e. The molecule has 1 atom stereocenters. The van der Waals surface area contributed by atoms with E-state index in [1.807, 2.05) is 18.4 Å². The highest BCUT2D eigenvalue weighted by Crippen LogP contribution is 2.34. The molecule has 2 aliphatic heterocycles. The molecule has 1 aromatic heterocycles. The third kappa shape index (κ3) is 5.66. The Kier molecular flexibility index (Phi) is 7.97. The van der Waals surface area contributed by atoms with Gasteiger partial charge < -0.3 is 20.1 Å². The van der Waals surface area contributed by atoms with Gasteiger partial charge >= 0.3 is 0 Å². The summed E-state index contributed by atoms with van der Waals surface area (Å²) in [6, 6.07) is 15.5. The van der Waals surface area contributed by atoms with Crippen LogP contribution in [0.25, 0.3) is 0 Å². The van der Waals surface area contributed by atoms with Crippen LogP contribution in [0.15, 0.2) is 52.8 Å². The molecule has 1 unspecified atom stereocenters. The lowest BCUT2D eigenvalue weighted by Gasteiger charge is -2.38. The van der Waals surface area contributed by atoms with Gasteiger partial charge in [0, 0.05) is 56.7 Å². The maximum Gasteiger partial charge on any atom is 0.191 e. The molecule has 3 heterocycles. The van der Waals surface area contributed by atoms with Crippen LogP contribution in [0, 0.1) is 0 Å². The zero-order valence-electron chi connectivity index (χ0n) is 18.4. The largest absolute Gasteiger partial charge is 0.381 e. The predicted molar refractivity (Wildman–Crippen MR) is 127 cm³/mol. The summed E-state index contributed by atoms with van der Waals surface area (Å²) < 4.78 is 11.2. The van der Waals surface area contributed by atoms with Crippen molar-refractivity contribution < 1.29 is 9.47 Å². The average molecular weight is 443 g/mol. The fourth-order valence-electron chi connectivity index (χ4n) is 4.57. The Labute approximate surface area is 189 Å². The van der Waals surface area contributed by atoms with E-state index in [4.69, 9.17) is 9.47 Å². The molecular formula is C24H34N4O2S. The summed E-state index contributed by atoms with van der Waals surface area (Å²) in [6.07, 6.45) is 2.04. The van der Waals surface area contributed by atoms with Crippen LogP contribution in [-0.4, -0.2) is 70.5 Å². The van der Waals surface area contributed by atoms with Gasteiger partial charge in [-0.05, 0) is 29.9 Å². The van der Waals surface area contributed by atoms with Gasteiger partial charge in [-0.3, -0.25) is 9.89 Å². The number of thiophene rings is 1. The fraction of sp³-hybridized carbons (Fsp3) is 0.542. The monoisotopic (exact) mass is 442 g/mol. The average Bonchev–Trinajstić information content (AvgIpc) is 3.38. The normalized spacial score (nSPS) is 20.9. The maximum absolute atomic E-state index is 5.68. The zero-order chi connectivity index (χ0) is 21.4. The minimum Gasteiger partial charge on any atom is -0.381 e. The number of benzene rings is 1. The SMILES string of the molecule is CN=C(NCC(c1cccs1)N1CCOCC1)NCC1(c2ccccc2)CCOCC1. The van der Waals surface area contributed by atoms with E-state index >= 15 is 0 Å². The molecule has 0 saturated carbocycles. The van der Waals surface area contributed by atoms with Crippen molar-refractivity contribution in [3.63, 3.8) is 0 Å². The molecule has 0 aliphatic carbocycles. The van der Waals surface area contributed by atoms with Crippen molar-refractivity contribution in [1.29, 1.82) is 0 Å². The Hall–Kier alpha value is -1.93. The Morgan fingerprint density at radius 2 is 1.77 bits per heavy atom. The van der Waals surface area contributed by atoms with Crippen molar-refractivity contribution in [3.8, 4) is 0 Å². The molecule has 7 heteroatoms. The Morgan fingerprint density at radius 1 is 1.03 bits per heavy atom. The number of morpholine rings is 1. The third-order valence-electron chi connectivity index (χ3n) is 6.47. The van der Waals surface area contributed by atoms with Gasteiger partial charge in [-0.2, -0.15) is 0 Å². The molecule has 2 N–H and O–H groups in total. The molecule has 0 amide bonds. The molecule has 0 spiro atoms. The first-order chi connectivity index (χ1) is 15.3. The highest BCUT2D eigenvalue weighted by atomic mass is 32.1. The van der Waals surface area contributed by atoms with Gasteiger partial charge in [0.05, 0.1) is 19.3 Å². The van der Waals surface area contributed by atoms with Gasteiger partial charge in [0.15, 0.2) is 5.96 Å². The molecule has 4 rings (SSSR count). The number of hydrogen-bond acceptors (Lipinski definition) is 5. The van der Waals surface area contributed by atoms with Crippen molar-refractivity contribution in [2.75, 3.05) is 59.7 Å². The van der Waals surface area contributed by atoms with Crippen LogP contribution >= 0.6 is 11.3 Å². The van der Waals surface area contributed by atoms with Gasteiger partial charge in [-0.15, -0.1) is 11.3 Å². The first-order valence-corrected chi connectivity index (χ1v) is 12.1. The van der Waals surface area contributed by atoms with E-state index in [2.05, 4.69) is 68.4 Å². The minimum atomic E-state index is 0.0779. The lowest BCUT2D eigenvalue weighted by Crippen LogP contribution is -2.50. The fourth-order valence-corrected chi connectivity index (χ4v) is 5.43. The molecule has 6 nitrogen and oxygen atoms in total. The molecule has 2 aliphatic rings. The van der Waals surface area contributed by atoms with Crippen LogP contribution in [0.2, 0.25) is 0 Å². The van der Waals surface area contributed by atoms with E-state index in [0.717, 1.165) is 71.4 Å². The molecule has 0 bridgehead atoms. The van der Waals surface area contributed by atoms with Gasteiger partial charge in [0.25, 0.3) is 0 Å². The number of ether oxygens (including phenoxy) is 2. The lowest BCUT2D eigenvalue weighted by molar-refractivity contribution is 0.0177. The van der Waals surface area contributed by atoms with Crippen LogP contribution in [0.5, 0.6) is 0 Å². The molecule has 2 aromatic rings. The van der Waals surface area contributed by atoms with Crippen LogP contribution in [0.4, 0.5) is 0 Å². The molecule has 2 fully saturated rings.